The smallest absolute Gasteiger partial charge is 0.282 e. The van der Waals surface area contributed by atoms with Gasteiger partial charge in [-0.2, -0.15) is 0 Å². The van der Waals surface area contributed by atoms with Crippen molar-refractivity contribution in [1.82, 2.24) is 5.48 Å². The minimum Gasteiger partial charge on any atom is -0.368 e. The normalized spacial score (nSPS) is 9.83. The maximum atomic E-state index is 11.6. The molecular weight excluding hydrogens is 266 g/mol. The summed E-state index contributed by atoms with van der Waals surface area (Å²) in [5, 5.41) is 10.8. The van der Waals surface area contributed by atoms with Crippen LogP contribution in [0.4, 0.5) is 5.69 Å². The first-order chi connectivity index (χ1) is 8.41. The fourth-order valence-electron chi connectivity index (χ4n) is 1.08. The molecule has 9 heteroatoms. The molecule has 0 aromatic heterocycles. The average Bonchev–Trinajstić information content (AvgIpc) is 2.27. The molecule has 1 rings (SSSR count). The molecule has 18 heavy (non-hydrogen) atoms. The first-order valence-electron chi connectivity index (χ1n) is 4.56. The van der Waals surface area contributed by atoms with Crippen molar-refractivity contribution >= 4 is 29.1 Å². The average molecular weight is 274 g/mol. The van der Waals surface area contributed by atoms with Gasteiger partial charge in [-0.3, -0.25) is 24.5 Å². The minimum absolute atomic E-state index is 0.153. The van der Waals surface area contributed by atoms with E-state index in [1.807, 2.05) is 5.48 Å². The van der Waals surface area contributed by atoms with Crippen molar-refractivity contribution in [2.45, 2.75) is 0 Å². The van der Waals surface area contributed by atoms with Crippen molar-refractivity contribution < 1.29 is 19.3 Å². The highest BCUT2D eigenvalue weighted by molar-refractivity contribution is 6.31. The van der Waals surface area contributed by atoms with Crippen molar-refractivity contribution in [1.29, 1.82) is 0 Å². The van der Waals surface area contributed by atoms with E-state index < -0.39 is 29.0 Å². The number of nitrogens with two attached hydrogens (primary N) is 1. The molecule has 0 aliphatic carbocycles. The van der Waals surface area contributed by atoms with Gasteiger partial charge in [-0.25, -0.2) is 5.48 Å². The van der Waals surface area contributed by atoms with Crippen molar-refractivity contribution in [2.75, 3.05) is 6.61 Å². The SMILES string of the molecule is NC(=O)CONC(=O)c1cc(Cl)ccc1[N+](=O)[O-]. The highest BCUT2D eigenvalue weighted by atomic mass is 35.5. The largest absolute Gasteiger partial charge is 0.368 e. The summed E-state index contributed by atoms with van der Waals surface area (Å²) < 4.78 is 0. The quantitative estimate of drug-likeness (QED) is 0.593. The summed E-state index contributed by atoms with van der Waals surface area (Å²) in [5.41, 5.74) is 5.91. The Hall–Kier alpha value is -2.19. The Balaban J connectivity index is 2.87. The molecule has 0 spiro atoms. The number of primary amides is 1. The third-order valence-corrected chi connectivity index (χ3v) is 2.01. The number of benzene rings is 1. The molecule has 0 aliphatic rings. The summed E-state index contributed by atoms with van der Waals surface area (Å²) in [5.74, 6) is -1.69. The number of amides is 2. The zero-order valence-corrected chi connectivity index (χ0v) is 9.64. The third-order valence-electron chi connectivity index (χ3n) is 1.78. The Bertz CT molecular complexity index is 505. The standard InChI is InChI=1S/C9H8ClN3O5/c10-5-1-2-7(13(16)17)6(3-5)9(15)12-18-4-8(11)14/h1-3H,4H2,(H2,11,14)(H,12,15). The summed E-state index contributed by atoms with van der Waals surface area (Å²) >= 11 is 5.63. The van der Waals surface area contributed by atoms with E-state index in [-0.39, 0.29) is 10.6 Å². The van der Waals surface area contributed by atoms with Gasteiger partial charge < -0.3 is 5.73 Å². The fraction of sp³-hybridized carbons (Fsp3) is 0.111. The Morgan fingerprint density at radius 2 is 2.17 bits per heavy atom. The van der Waals surface area contributed by atoms with Crippen molar-refractivity contribution in [3.63, 3.8) is 0 Å². The van der Waals surface area contributed by atoms with Crippen molar-refractivity contribution in [2.24, 2.45) is 5.73 Å². The number of nitro benzene ring substituents is 1. The monoisotopic (exact) mass is 273 g/mol. The number of hydroxylamine groups is 1. The van der Waals surface area contributed by atoms with Gasteiger partial charge in [0.2, 0.25) is 5.91 Å². The van der Waals surface area contributed by atoms with E-state index in [4.69, 9.17) is 17.3 Å². The molecule has 96 valence electrons. The molecule has 0 heterocycles. The Morgan fingerprint density at radius 1 is 1.50 bits per heavy atom. The van der Waals surface area contributed by atoms with Crippen LogP contribution in [0.25, 0.3) is 0 Å². The van der Waals surface area contributed by atoms with Gasteiger partial charge in [0.05, 0.1) is 4.92 Å². The zero-order chi connectivity index (χ0) is 13.7. The predicted octanol–water partition coefficient (Wildman–Crippen LogP) is 0.395. The molecule has 0 unspecified atom stereocenters. The number of hydrogen-bond acceptors (Lipinski definition) is 5. The van der Waals surface area contributed by atoms with E-state index in [0.29, 0.717) is 0 Å². The van der Waals surface area contributed by atoms with Crippen LogP contribution in [0.5, 0.6) is 0 Å². The van der Waals surface area contributed by atoms with Crippen LogP contribution >= 0.6 is 11.6 Å². The van der Waals surface area contributed by atoms with Gasteiger partial charge in [0.25, 0.3) is 11.6 Å². The summed E-state index contributed by atoms with van der Waals surface area (Å²) in [6.45, 7) is -0.542. The first-order valence-corrected chi connectivity index (χ1v) is 4.94. The molecule has 0 fully saturated rings. The zero-order valence-electron chi connectivity index (χ0n) is 8.88. The van der Waals surface area contributed by atoms with E-state index in [1.54, 1.807) is 0 Å². The van der Waals surface area contributed by atoms with Crippen LogP contribution in [-0.2, 0) is 9.63 Å². The topological polar surface area (TPSA) is 125 Å². The lowest BCUT2D eigenvalue weighted by Crippen LogP contribution is -2.29. The molecule has 0 aliphatic heterocycles. The van der Waals surface area contributed by atoms with Crippen LogP contribution in [0.3, 0.4) is 0 Å². The molecule has 0 bridgehead atoms. The molecule has 0 atom stereocenters. The van der Waals surface area contributed by atoms with E-state index in [0.717, 1.165) is 12.1 Å². The number of rotatable bonds is 5. The predicted molar refractivity (Wildman–Crippen MR) is 60.7 cm³/mol. The summed E-state index contributed by atoms with van der Waals surface area (Å²) in [7, 11) is 0. The fourth-order valence-corrected chi connectivity index (χ4v) is 1.25. The maximum absolute atomic E-state index is 11.6. The van der Waals surface area contributed by atoms with E-state index in [1.165, 1.54) is 6.07 Å². The van der Waals surface area contributed by atoms with Crippen LogP contribution in [0.2, 0.25) is 5.02 Å². The minimum atomic E-state index is -0.898. The number of hydrogen-bond donors (Lipinski definition) is 2. The molecule has 0 saturated carbocycles. The first kappa shape index (κ1) is 13.9. The number of nitro groups is 1. The number of nitrogens with one attached hydrogen (secondary N) is 1. The van der Waals surface area contributed by atoms with Crippen molar-refractivity contribution in [3.05, 3.63) is 38.9 Å². The molecule has 3 N–H and O–H groups in total. The van der Waals surface area contributed by atoms with Gasteiger partial charge in [-0.15, -0.1) is 0 Å². The number of carbonyl (C=O) groups is 2. The van der Waals surface area contributed by atoms with E-state index in [2.05, 4.69) is 4.84 Å². The van der Waals surface area contributed by atoms with Crippen LogP contribution in [0.1, 0.15) is 10.4 Å². The van der Waals surface area contributed by atoms with E-state index >= 15 is 0 Å². The van der Waals surface area contributed by atoms with E-state index in [9.17, 15) is 19.7 Å². The summed E-state index contributed by atoms with van der Waals surface area (Å²) in [6.07, 6.45) is 0. The van der Waals surface area contributed by atoms with Crippen LogP contribution < -0.4 is 11.2 Å². The molecule has 1 aromatic carbocycles. The van der Waals surface area contributed by atoms with Gasteiger partial charge in [0, 0.05) is 11.1 Å². The Morgan fingerprint density at radius 3 is 2.72 bits per heavy atom. The maximum Gasteiger partial charge on any atom is 0.282 e. The second-order valence-corrected chi connectivity index (χ2v) is 3.54. The van der Waals surface area contributed by atoms with Crippen molar-refractivity contribution in [3.8, 4) is 0 Å². The number of halogens is 1. The highest BCUT2D eigenvalue weighted by Gasteiger charge is 2.20. The lowest BCUT2D eigenvalue weighted by Gasteiger charge is -2.05. The van der Waals surface area contributed by atoms with Gasteiger partial charge in [0.15, 0.2) is 6.61 Å². The Kier molecular flexibility index (Phi) is 4.58. The lowest BCUT2D eigenvalue weighted by molar-refractivity contribution is -0.385. The van der Waals surface area contributed by atoms with Gasteiger partial charge in [-0.1, -0.05) is 11.6 Å². The van der Waals surface area contributed by atoms with Gasteiger partial charge >= 0.3 is 0 Å². The molecule has 8 nitrogen and oxygen atoms in total. The van der Waals surface area contributed by atoms with Gasteiger partial charge in [0.1, 0.15) is 5.56 Å². The highest BCUT2D eigenvalue weighted by Crippen LogP contribution is 2.22. The Labute approximate surface area is 106 Å². The van der Waals surface area contributed by atoms with Crippen LogP contribution in [0.15, 0.2) is 18.2 Å². The number of nitrogens with zero attached hydrogens (tertiary/aromatic N) is 1. The number of carbonyl (C=O) groups excluding carboxylic acids is 2. The lowest BCUT2D eigenvalue weighted by atomic mass is 10.2. The second-order valence-electron chi connectivity index (χ2n) is 3.10. The third kappa shape index (κ3) is 3.68. The van der Waals surface area contributed by atoms with Crippen LogP contribution in [0, 0.1) is 10.1 Å². The molecular formula is C9H8ClN3O5. The molecule has 0 radical (unpaired) electrons. The molecule has 0 saturated heterocycles. The molecule has 2 amide bonds. The summed E-state index contributed by atoms with van der Waals surface area (Å²) in [4.78, 5) is 36.3. The second kappa shape index (κ2) is 5.94. The summed E-state index contributed by atoms with van der Waals surface area (Å²) in [6, 6.07) is 3.48. The molecule has 1 aromatic rings. The van der Waals surface area contributed by atoms with Gasteiger partial charge in [-0.05, 0) is 12.1 Å². The van der Waals surface area contributed by atoms with Crippen LogP contribution in [-0.4, -0.2) is 23.3 Å².